The third kappa shape index (κ3) is 9.51. The Hall–Kier alpha value is -2.50. The minimum absolute atomic E-state index is 0.0508. The number of aromatic nitrogens is 3. The maximum Gasteiger partial charge on any atom is 0.315 e. The monoisotopic (exact) mass is 519 g/mol. The number of H-pyrrole nitrogens is 1. The molecule has 1 fully saturated rings. The van der Waals surface area contributed by atoms with Crippen LogP contribution in [0.5, 0.6) is 0 Å². The highest BCUT2D eigenvalue weighted by Gasteiger charge is 2.23. The standard InChI is InChI=1S/C25H41N7O3S/c1-3-32(4-2)17-10-18-36(34,35)31-22(16-15-20-11-6-5-7-12-20)24-28-23(29-30-24)19-26-25(33)27-21-13-8-9-14-21/h5-7,11-12,21-22,31H,3-4,8-10,13-19H2,1-2H3,(H2,26,27,33)(H,28,29,30)/t22-/m1/s1. The molecule has 1 aliphatic carbocycles. The van der Waals surface area contributed by atoms with Crippen molar-refractivity contribution in [3.63, 3.8) is 0 Å². The lowest BCUT2D eigenvalue weighted by molar-refractivity contribution is 0.236. The van der Waals surface area contributed by atoms with Gasteiger partial charge < -0.3 is 15.5 Å². The van der Waals surface area contributed by atoms with Gasteiger partial charge in [0.25, 0.3) is 0 Å². The van der Waals surface area contributed by atoms with Crippen molar-refractivity contribution in [2.24, 2.45) is 0 Å². The van der Waals surface area contributed by atoms with Gasteiger partial charge in [0.15, 0.2) is 5.82 Å². The number of amides is 2. The number of benzene rings is 1. The average molecular weight is 520 g/mol. The van der Waals surface area contributed by atoms with Crippen molar-refractivity contribution in [1.82, 2.24) is 35.4 Å². The highest BCUT2D eigenvalue weighted by atomic mass is 32.2. The van der Waals surface area contributed by atoms with Crippen LogP contribution in [-0.4, -0.2) is 66.0 Å². The molecule has 0 unspecified atom stereocenters. The van der Waals surface area contributed by atoms with Gasteiger partial charge in [-0.2, -0.15) is 5.10 Å². The third-order valence-corrected chi connectivity index (χ3v) is 8.11. The van der Waals surface area contributed by atoms with Crippen LogP contribution in [0.1, 0.15) is 75.6 Å². The minimum atomic E-state index is -3.52. The molecule has 2 aromatic rings. The summed E-state index contributed by atoms with van der Waals surface area (Å²) < 4.78 is 28.7. The summed E-state index contributed by atoms with van der Waals surface area (Å²) in [6.07, 6.45) is 6.09. The molecule has 3 rings (SSSR count). The van der Waals surface area contributed by atoms with Crippen molar-refractivity contribution in [3.05, 3.63) is 47.5 Å². The normalized spacial score (nSPS) is 15.3. The summed E-state index contributed by atoms with van der Waals surface area (Å²) in [6, 6.07) is 9.39. The second-order valence-electron chi connectivity index (χ2n) is 9.34. The summed E-state index contributed by atoms with van der Waals surface area (Å²) in [7, 11) is -3.52. The first-order valence-electron chi connectivity index (χ1n) is 13.1. The third-order valence-electron chi connectivity index (χ3n) is 6.64. The number of aryl methyl sites for hydroxylation is 1. The first kappa shape index (κ1) is 28.1. The average Bonchev–Trinajstić information content (AvgIpc) is 3.56. The number of hydrogen-bond donors (Lipinski definition) is 4. The molecule has 0 radical (unpaired) electrons. The summed E-state index contributed by atoms with van der Waals surface area (Å²) in [5, 5.41) is 12.9. The zero-order chi connectivity index (χ0) is 25.8. The molecule has 1 aliphatic rings. The Morgan fingerprint density at radius 1 is 1.17 bits per heavy atom. The minimum Gasteiger partial charge on any atom is -0.335 e. The molecule has 0 saturated heterocycles. The SMILES string of the molecule is CCN(CC)CCCS(=O)(=O)N[C@H](CCc1ccccc1)c1nc(CNC(=O)NC2CCCC2)n[nH]1. The fourth-order valence-electron chi connectivity index (χ4n) is 4.51. The van der Waals surface area contributed by atoms with E-state index < -0.39 is 16.1 Å². The molecule has 4 N–H and O–H groups in total. The van der Waals surface area contributed by atoms with Crippen LogP contribution in [0.2, 0.25) is 0 Å². The van der Waals surface area contributed by atoms with Gasteiger partial charge >= 0.3 is 6.03 Å². The number of sulfonamides is 1. The molecule has 0 bridgehead atoms. The fraction of sp³-hybridized carbons (Fsp3) is 0.640. The number of carbonyl (C=O) groups is 1. The number of urea groups is 1. The van der Waals surface area contributed by atoms with Crippen LogP contribution in [0.15, 0.2) is 30.3 Å². The van der Waals surface area contributed by atoms with E-state index in [0.717, 1.165) is 50.9 Å². The largest absolute Gasteiger partial charge is 0.335 e. The van der Waals surface area contributed by atoms with E-state index in [9.17, 15) is 13.2 Å². The van der Waals surface area contributed by atoms with E-state index in [2.05, 4.69) is 49.3 Å². The van der Waals surface area contributed by atoms with Crippen LogP contribution in [0.3, 0.4) is 0 Å². The van der Waals surface area contributed by atoms with Crippen molar-refractivity contribution in [3.8, 4) is 0 Å². The van der Waals surface area contributed by atoms with Gasteiger partial charge in [-0.05, 0) is 57.3 Å². The van der Waals surface area contributed by atoms with Crippen molar-refractivity contribution < 1.29 is 13.2 Å². The van der Waals surface area contributed by atoms with Crippen LogP contribution < -0.4 is 15.4 Å². The molecule has 36 heavy (non-hydrogen) atoms. The highest BCUT2D eigenvalue weighted by molar-refractivity contribution is 7.89. The van der Waals surface area contributed by atoms with Crippen molar-refractivity contribution >= 4 is 16.1 Å². The van der Waals surface area contributed by atoms with Gasteiger partial charge in [0.2, 0.25) is 10.0 Å². The molecule has 10 nitrogen and oxygen atoms in total. The molecule has 0 spiro atoms. The molecule has 1 atom stereocenters. The first-order valence-corrected chi connectivity index (χ1v) is 14.8. The van der Waals surface area contributed by atoms with Crippen molar-refractivity contribution in [2.75, 3.05) is 25.4 Å². The second kappa shape index (κ2) is 14.3. The topological polar surface area (TPSA) is 132 Å². The Bertz CT molecular complexity index is 1020. The van der Waals surface area contributed by atoms with Crippen molar-refractivity contribution in [1.29, 1.82) is 0 Å². The first-order chi connectivity index (χ1) is 17.4. The molecule has 1 aromatic carbocycles. The lowest BCUT2D eigenvalue weighted by Gasteiger charge is -2.19. The molecule has 11 heteroatoms. The summed E-state index contributed by atoms with van der Waals surface area (Å²) in [5.41, 5.74) is 1.12. The molecule has 1 aromatic heterocycles. The fourth-order valence-corrected chi connectivity index (χ4v) is 5.80. The predicted octanol–water partition coefficient (Wildman–Crippen LogP) is 2.87. The van der Waals surface area contributed by atoms with E-state index in [1.807, 2.05) is 30.3 Å². The van der Waals surface area contributed by atoms with Crippen LogP contribution in [0.25, 0.3) is 0 Å². The Morgan fingerprint density at radius 3 is 2.58 bits per heavy atom. The number of hydrogen-bond acceptors (Lipinski definition) is 6. The smallest absolute Gasteiger partial charge is 0.315 e. The quantitative estimate of drug-likeness (QED) is 0.286. The predicted molar refractivity (Wildman–Crippen MR) is 141 cm³/mol. The van der Waals surface area contributed by atoms with Gasteiger partial charge in [0.05, 0.1) is 18.3 Å². The molecular formula is C25H41N7O3S. The molecule has 200 valence electrons. The van der Waals surface area contributed by atoms with Gasteiger partial charge in [-0.15, -0.1) is 0 Å². The number of nitrogens with one attached hydrogen (secondary N) is 4. The zero-order valence-electron chi connectivity index (χ0n) is 21.5. The van der Waals surface area contributed by atoms with Crippen molar-refractivity contribution in [2.45, 2.75) is 77.4 Å². The van der Waals surface area contributed by atoms with E-state index in [1.54, 1.807) is 0 Å². The molecule has 0 aliphatic heterocycles. The van der Waals surface area contributed by atoms with Gasteiger partial charge in [0.1, 0.15) is 5.82 Å². The van der Waals surface area contributed by atoms with E-state index in [1.165, 1.54) is 0 Å². The Morgan fingerprint density at radius 2 is 1.89 bits per heavy atom. The Labute approximate surface area is 215 Å². The second-order valence-corrected chi connectivity index (χ2v) is 11.2. The number of nitrogens with zero attached hydrogens (tertiary/aromatic N) is 3. The van der Waals surface area contributed by atoms with Gasteiger partial charge in [-0.25, -0.2) is 22.9 Å². The lowest BCUT2D eigenvalue weighted by atomic mass is 10.1. The van der Waals surface area contributed by atoms with E-state index >= 15 is 0 Å². The number of aromatic amines is 1. The summed E-state index contributed by atoms with van der Waals surface area (Å²) in [5.74, 6) is 0.915. The zero-order valence-corrected chi connectivity index (χ0v) is 22.3. The number of carbonyl (C=O) groups excluding carboxylic acids is 1. The van der Waals surface area contributed by atoms with Crippen LogP contribution in [0.4, 0.5) is 4.79 Å². The molecule has 1 saturated carbocycles. The Kier molecular flexibility index (Phi) is 11.1. The lowest BCUT2D eigenvalue weighted by Crippen LogP contribution is -2.40. The Balaban J connectivity index is 1.60. The van der Waals surface area contributed by atoms with Gasteiger partial charge in [0, 0.05) is 6.04 Å². The summed E-state index contributed by atoms with van der Waals surface area (Å²) in [4.78, 5) is 18.9. The maximum absolute atomic E-state index is 12.9. The highest BCUT2D eigenvalue weighted by Crippen LogP contribution is 2.19. The van der Waals surface area contributed by atoms with Crippen LogP contribution in [0, 0.1) is 0 Å². The summed E-state index contributed by atoms with van der Waals surface area (Å²) >= 11 is 0. The van der Waals surface area contributed by atoms with Gasteiger partial charge in [-0.1, -0.05) is 57.0 Å². The van der Waals surface area contributed by atoms with E-state index in [0.29, 0.717) is 30.9 Å². The van der Waals surface area contributed by atoms with Crippen LogP contribution in [-0.2, 0) is 23.0 Å². The number of rotatable bonds is 15. The molecular weight excluding hydrogens is 478 g/mol. The van der Waals surface area contributed by atoms with Gasteiger partial charge in [-0.3, -0.25) is 5.10 Å². The van der Waals surface area contributed by atoms with E-state index in [4.69, 9.17) is 0 Å². The molecule has 1 heterocycles. The molecule has 2 amide bonds. The maximum atomic E-state index is 12.9. The van der Waals surface area contributed by atoms with E-state index in [-0.39, 0.29) is 24.4 Å². The summed E-state index contributed by atoms with van der Waals surface area (Å²) in [6.45, 7) is 6.85. The van der Waals surface area contributed by atoms with Crippen LogP contribution >= 0.6 is 0 Å².